The molecule has 31 heavy (non-hydrogen) atoms. The number of thioether (sulfide) groups is 1. The van der Waals surface area contributed by atoms with Crippen LogP contribution in [0.3, 0.4) is 0 Å². The molecule has 0 saturated carbocycles. The van der Waals surface area contributed by atoms with E-state index in [-0.39, 0.29) is 5.97 Å². The van der Waals surface area contributed by atoms with E-state index in [2.05, 4.69) is 53.3 Å². The molecule has 7 heteroatoms. The van der Waals surface area contributed by atoms with Crippen molar-refractivity contribution in [2.45, 2.75) is 44.8 Å². The molecular formula is C24H26N2O3S2. The van der Waals surface area contributed by atoms with E-state index >= 15 is 0 Å². The number of hydrogen-bond acceptors (Lipinski definition) is 6. The first kappa shape index (κ1) is 21.9. The summed E-state index contributed by atoms with van der Waals surface area (Å²) in [5, 5.41) is 4.58. The summed E-state index contributed by atoms with van der Waals surface area (Å²) in [7, 11) is 0. The predicted molar refractivity (Wildman–Crippen MR) is 128 cm³/mol. The van der Waals surface area contributed by atoms with E-state index in [1.165, 1.54) is 21.2 Å². The highest BCUT2D eigenvalue weighted by Gasteiger charge is 2.15. The summed E-state index contributed by atoms with van der Waals surface area (Å²) in [5.74, 6) is 0.470. The van der Waals surface area contributed by atoms with Crippen LogP contribution in [-0.4, -0.2) is 27.9 Å². The molecule has 0 saturated heterocycles. The maximum absolute atomic E-state index is 11.7. The second kappa shape index (κ2) is 10.3. The summed E-state index contributed by atoms with van der Waals surface area (Å²) in [6.45, 7) is 5.35. The van der Waals surface area contributed by atoms with E-state index in [4.69, 9.17) is 14.8 Å². The van der Waals surface area contributed by atoms with Gasteiger partial charge in [0.1, 0.15) is 0 Å². The van der Waals surface area contributed by atoms with Crippen LogP contribution in [0.5, 0.6) is 0 Å². The highest BCUT2D eigenvalue weighted by Crippen LogP contribution is 2.32. The van der Waals surface area contributed by atoms with Crippen LogP contribution in [-0.2, 0) is 21.1 Å². The molecule has 0 spiro atoms. The fourth-order valence-electron chi connectivity index (χ4n) is 3.56. The van der Waals surface area contributed by atoms with Gasteiger partial charge in [-0.3, -0.25) is 4.89 Å². The van der Waals surface area contributed by atoms with Gasteiger partial charge in [0.25, 0.3) is 0 Å². The van der Waals surface area contributed by atoms with E-state index in [1.54, 1.807) is 23.1 Å². The average molecular weight is 455 g/mol. The van der Waals surface area contributed by atoms with E-state index in [1.807, 2.05) is 13.0 Å². The third-order valence-electron chi connectivity index (χ3n) is 5.03. The molecule has 2 aromatic carbocycles. The Bertz CT molecular complexity index is 1180. The Morgan fingerprint density at radius 2 is 2.06 bits per heavy atom. The first-order valence-corrected chi connectivity index (χ1v) is 12.4. The summed E-state index contributed by atoms with van der Waals surface area (Å²) in [4.78, 5) is 26.2. The molecule has 0 fully saturated rings. The van der Waals surface area contributed by atoms with Gasteiger partial charge in [-0.15, -0.1) is 11.3 Å². The van der Waals surface area contributed by atoms with Crippen molar-refractivity contribution in [2.24, 2.45) is 0 Å². The molecule has 0 bridgehead atoms. The van der Waals surface area contributed by atoms with Crippen molar-refractivity contribution in [3.05, 3.63) is 59.0 Å². The standard InChI is InChI=1S/C24H26N2O3S2/c1-3-13-28-29-22(27)12-7-14-30-24-25-19-9-4-5-10-20(19)26(24)15-18-16-31-21-11-6-8-17(2)23(18)21/h4-6,8-11,16H,3,7,12-15H2,1-2H3. The quantitative estimate of drug-likeness (QED) is 0.121. The van der Waals surface area contributed by atoms with Crippen molar-refractivity contribution in [1.82, 2.24) is 9.55 Å². The zero-order valence-corrected chi connectivity index (χ0v) is 19.4. The number of aryl methyl sites for hydroxylation is 1. The van der Waals surface area contributed by atoms with Crippen molar-refractivity contribution in [1.29, 1.82) is 0 Å². The summed E-state index contributed by atoms with van der Waals surface area (Å²) < 4.78 is 3.61. The van der Waals surface area contributed by atoms with Crippen molar-refractivity contribution in [2.75, 3.05) is 12.4 Å². The number of imidazole rings is 1. The highest BCUT2D eigenvalue weighted by atomic mass is 32.2. The van der Waals surface area contributed by atoms with Crippen LogP contribution in [0.15, 0.2) is 53.0 Å². The SMILES string of the molecule is CCCOOC(=O)CCCSc1nc2ccccc2n1Cc1csc2cccc(C)c12. The van der Waals surface area contributed by atoms with Crippen LogP contribution in [0.2, 0.25) is 0 Å². The second-order valence-electron chi connectivity index (χ2n) is 7.41. The van der Waals surface area contributed by atoms with E-state index in [0.717, 1.165) is 34.9 Å². The van der Waals surface area contributed by atoms with Gasteiger partial charge in [-0.05, 0) is 54.5 Å². The van der Waals surface area contributed by atoms with Crippen molar-refractivity contribution >= 4 is 50.2 Å². The predicted octanol–water partition coefficient (Wildman–Crippen LogP) is 6.36. The zero-order chi connectivity index (χ0) is 21.6. The van der Waals surface area contributed by atoms with E-state index < -0.39 is 0 Å². The number of rotatable bonds is 10. The van der Waals surface area contributed by atoms with Crippen LogP contribution < -0.4 is 0 Å². The fourth-order valence-corrected chi connectivity index (χ4v) is 5.54. The molecule has 0 aliphatic heterocycles. The molecule has 5 nitrogen and oxygen atoms in total. The molecule has 0 radical (unpaired) electrons. The number of thiophene rings is 1. The summed E-state index contributed by atoms with van der Waals surface area (Å²) in [5.41, 5.74) is 4.75. The third kappa shape index (κ3) is 5.11. The maximum Gasteiger partial charge on any atom is 0.342 e. The molecular weight excluding hydrogens is 428 g/mol. The van der Waals surface area contributed by atoms with Crippen molar-refractivity contribution in [3.8, 4) is 0 Å². The van der Waals surface area contributed by atoms with Crippen LogP contribution in [0, 0.1) is 6.92 Å². The topological polar surface area (TPSA) is 53.4 Å². The minimum atomic E-state index is -0.317. The lowest BCUT2D eigenvalue weighted by Gasteiger charge is -2.09. The lowest BCUT2D eigenvalue weighted by atomic mass is 10.1. The number of fused-ring (bicyclic) bond motifs is 2. The average Bonchev–Trinajstić information content (AvgIpc) is 3.34. The third-order valence-corrected chi connectivity index (χ3v) is 7.09. The van der Waals surface area contributed by atoms with Crippen LogP contribution >= 0.6 is 23.1 Å². The van der Waals surface area contributed by atoms with Gasteiger partial charge < -0.3 is 4.57 Å². The lowest BCUT2D eigenvalue weighted by Crippen LogP contribution is -2.06. The molecule has 162 valence electrons. The minimum Gasteiger partial charge on any atom is -0.314 e. The minimum absolute atomic E-state index is 0.317. The zero-order valence-electron chi connectivity index (χ0n) is 17.8. The maximum atomic E-state index is 11.7. The second-order valence-corrected chi connectivity index (χ2v) is 9.38. The number of benzene rings is 2. The van der Waals surface area contributed by atoms with Crippen LogP contribution in [0.25, 0.3) is 21.1 Å². The summed E-state index contributed by atoms with van der Waals surface area (Å²) >= 11 is 3.47. The molecule has 4 aromatic rings. The number of aromatic nitrogens is 2. The fraction of sp³-hybridized carbons (Fsp3) is 0.333. The summed E-state index contributed by atoms with van der Waals surface area (Å²) in [6.07, 6.45) is 1.87. The van der Waals surface area contributed by atoms with E-state index in [9.17, 15) is 4.79 Å². The number of carbonyl (C=O) groups is 1. The van der Waals surface area contributed by atoms with Gasteiger partial charge >= 0.3 is 5.97 Å². The van der Waals surface area contributed by atoms with E-state index in [0.29, 0.717) is 19.4 Å². The van der Waals surface area contributed by atoms with Crippen molar-refractivity contribution in [3.63, 3.8) is 0 Å². The Balaban J connectivity index is 1.49. The van der Waals surface area contributed by atoms with Crippen LogP contribution in [0.1, 0.15) is 37.3 Å². The smallest absolute Gasteiger partial charge is 0.314 e. The van der Waals surface area contributed by atoms with Gasteiger partial charge in [0, 0.05) is 22.3 Å². The molecule has 2 heterocycles. The number of para-hydroxylation sites is 2. The molecule has 2 aromatic heterocycles. The molecule has 4 rings (SSSR count). The number of carbonyl (C=O) groups excluding carboxylic acids is 1. The Hall–Kier alpha value is -2.35. The molecule has 0 aliphatic carbocycles. The monoisotopic (exact) mass is 454 g/mol. The first-order valence-electron chi connectivity index (χ1n) is 10.5. The Morgan fingerprint density at radius 3 is 2.94 bits per heavy atom. The van der Waals surface area contributed by atoms with Gasteiger partial charge in [0.2, 0.25) is 0 Å². The highest BCUT2D eigenvalue weighted by molar-refractivity contribution is 7.99. The van der Waals surface area contributed by atoms with Gasteiger partial charge in [-0.2, -0.15) is 4.89 Å². The largest absolute Gasteiger partial charge is 0.342 e. The van der Waals surface area contributed by atoms with Gasteiger partial charge in [-0.1, -0.05) is 43.0 Å². The lowest BCUT2D eigenvalue weighted by molar-refractivity contribution is -0.272. The number of nitrogens with zero attached hydrogens (tertiary/aromatic N) is 2. The summed E-state index contributed by atoms with van der Waals surface area (Å²) in [6, 6.07) is 14.7. The van der Waals surface area contributed by atoms with Gasteiger partial charge in [0.05, 0.1) is 24.2 Å². The number of hydrogen-bond donors (Lipinski definition) is 0. The molecule has 0 unspecified atom stereocenters. The molecule has 0 atom stereocenters. The molecule has 0 aliphatic rings. The van der Waals surface area contributed by atoms with Crippen LogP contribution in [0.4, 0.5) is 0 Å². The molecule has 0 amide bonds. The Kier molecular flexibility index (Phi) is 7.27. The van der Waals surface area contributed by atoms with Gasteiger partial charge in [-0.25, -0.2) is 9.78 Å². The first-order chi connectivity index (χ1) is 15.2. The Labute approximate surface area is 190 Å². The molecule has 0 N–H and O–H groups in total. The van der Waals surface area contributed by atoms with Gasteiger partial charge in [0.15, 0.2) is 5.16 Å². The normalized spacial score (nSPS) is 11.4. The van der Waals surface area contributed by atoms with Crippen molar-refractivity contribution < 1.29 is 14.6 Å². The Morgan fingerprint density at radius 1 is 1.19 bits per heavy atom.